The molecule has 2 aromatic rings. The Hall–Kier alpha value is -2.35. The Morgan fingerprint density at radius 3 is 2.67 bits per heavy atom. The van der Waals surface area contributed by atoms with Crippen molar-refractivity contribution in [3.8, 4) is 22.9 Å². The van der Waals surface area contributed by atoms with E-state index in [4.69, 9.17) is 4.74 Å². The molecule has 24 heavy (non-hydrogen) atoms. The molecule has 4 heteroatoms. The van der Waals surface area contributed by atoms with Gasteiger partial charge in [-0.15, -0.1) is 0 Å². The van der Waals surface area contributed by atoms with Crippen molar-refractivity contribution in [2.75, 3.05) is 13.1 Å². The van der Waals surface area contributed by atoms with Crippen molar-refractivity contribution in [3.63, 3.8) is 0 Å². The summed E-state index contributed by atoms with van der Waals surface area (Å²) in [6, 6.07) is 18.0. The quantitative estimate of drug-likeness (QED) is 0.916. The molecule has 0 saturated carbocycles. The number of hydrogen-bond acceptors (Lipinski definition) is 4. The van der Waals surface area contributed by atoms with Crippen molar-refractivity contribution in [1.29, 1.82) is 5.26 Å². The lowest BCUT2D eigenvalue weighted by atomic mass is 10.0. The first-order valence-corrected chi connectivity index (χ1v) is 8.39. The number of nitriles is 1. The highest BCUT2D eigenvalue weighted by Gasteiger charge is 2.27. The third kappa shape index (κ3) is 3.59. The van der Waals surface area contributed by atoms with Gasteiger partial charge in [-0.3, -0.25) is 4.90 Å². The van der Waals surface area contributed by atoms with E-state index in [0.717, 1.165) is 30.5 Å². The summed E-state index contributed by atoms with van der Waals surface area (Å²) >= 11 is 0. The molecule has 4 nitrogen and oxygen atoms in total. The second-order valence-corrected chi connectivity index (χ2v) is 6.11. The van der Waals surface area contributed by atoms with Crippen LogP contribution >= 0.6 is 0 Å². The van der Waals surface area contributed by atoms with E-state index in [0.29, 0.717) is 17.9 Å². The van der Waals surface area contributed by atoms with Crippen LogP contribution in [0.25, 0.3) is 11.1 Å². The summed E-state index contributed by atoms with van der Waals surface area (Å²) in [6.45, 7) is 3.50. The van der Waals surface area contributed by atoms with Gasteiger partial charge in [-0.1, -0.05) is 43.3 Å². The van der Waals surface area contributed by atoms with Gasteiger partial charge in [-0.2, -0.15) is 5.26 Å². The number of β-amino-alcohol motifs (C(OH)–C–C–N with tert-alkyl or cyclic N) is 1. The third-order valence-corrected chi connectivity index (χ3v) is 4.42. The van der Waals surface area contributed by atoms with Crippen molar-refractivity contribution < 1.29 is 9.84 Å². The highest BCUT2D eigenvalue weighted by molar-refractivity contribution is 5.67. The summed E-state index contributed by atoms with van der Waals surface area (Å²) in [6.07, 6.45) is 1.16. The number of aliphatic hydroxyl groups excluding tert-OH is 1. The maximum absolute atomic E-state index is 9.75. The summed E-state index contributed by atoms with van der Waals surface area (Å²) in [5.41, 5.74) is 2.66. The largest absolute Gasteiger partial charge is 0.474 e. The Morgan fingerprint density at radius 1 is 1.25 bits per heavy atom. The Labute approximate surface area is 142 Å². The van der Waals surface area contributed by atoms with Crippen molar-refractivity contribution in [2.45, 2.75) is 32.1 Å². The van der Waals surface area contributed by atoms with Gasteiger partial charge >= 0.3 is 0 Å². The molecular formula is C20H22N2O2. The summed E-state index contributed by atoms with van der Waals surface area (Å²) < 4.78 is 6.17. The molecule has 2 aromatic carbocycles. The van der Waals surface area contributed by atoms with E-state index < -0.39 is 0 Å². The van der Waals surface area contributed by atoms with Crippen LogP contribution in [-0.4, -0.2) is 35.4 Å². The zero-order valence-corrected chi connectivity index (χ0v) is 13.9. The van der Waals surface area contributed by atoms with Crippen molar-refractivity contribution in [3.05, 3.63) is 54.1 Å². The molecule has 1 N–H and O–H groups in total. The van der Waals surface area contributed by atoms with Gasteiger partial charge in [0.15, 0.2) is 6.23 Å². The highest BCUT2D eigenvalue weighted by Crippen LogP contribution is 2.29. The third-order valence-electron chi connectivity index (χ3n) is 4.42. The lowest BCUT2D eigenvalue weighted by Crippen LogP contribution is -2.38. The van der Waals surface area contributed by atoms with Gasteiger partial charge in [0.25, 0.3) is 0 Å². The first-order chi connectivity index (χ1) is 11.7. The number of nitrogens with zero attached hydrogens (tertiary/aromatic N) is 2. The Morgan fingerprint density at radius 2 is 2.04 bits per heavy atom. The van der Waals surface area contributed by atoms with Crippen LogP contribution in [0.2, 0.25) is 0 Å². The molecule has 1 heterocycles. The molecule has 1 aliphatic rings. The van der Waals surface area contributed by atoms with E-state index in [2.05, 4.69) is 17.9 Å². The van der Waals surface area contributed by atoms with E-state index >= 15 is 0 Å². The minimum atomic E-state index is -0.284. The number of ether oxygens (including phenoxy) is 1. The van der Waals surface area contributed by atoms with E-state index in [1.807, 2.05) is 48.5 Å². The second-order valence-electron chi connectivity index (χ2n) is 6.11. The van der Waals surface area contributed by atoms with E-state index in [9.17, 15) is 10.4 Å². The molecule has 1 aliphatic heterocycles. The molecular weight excluding hydrogens is 300 g/mol. The van der Waals surface area contributed by atoms with E-state index in [1.54, 1.807) is 0 Å². The fourth-order valence-corrected chi connectivity index (χ4v) is 3.11. The lowest BCUT2D eigenvalue weighted by Gasteiger charge is -2.27. The molecule has 2 atom stereocenters. The zero-order chi connectivity index (χ0) is 16.9. The Bertz CT molecular complexity index is 724. The van der Waals surface area contributed by atoms with Gasteiger partial charge in [0.2, 0.25) is 0 Å². The maximum atomic E-state index is 9.75. The van der Waals surface area contributed by atoms with Gasteiger partial charge in [0.1, 0.15) is 11.8 Å². The highest BCUT2D eigenvalue weighted by atomic mass is 16.5. The first-order valence-electron chi connectivity index (χ1n) is 8.39. The number of hydrogen-bond donors (Lipinski definition) is 1. The van der Waals surface area contributed by atoms with Gasteiger partial charge in [0.05, 0.1) is 11.7 Å². The standard InChI is InChI=1S/C20H22N2O2/c1-2-20(22-11-10-18(23)14-22)24-19-12-16(8-9-17(19)13-21)15-6-4-3-5-7-15/h3-9,12,18,20,23H,2,10-11,14H2,1H3. The number of rotatable bonds is 5. The van der Waals surface area contributed by atoms with Gasteiger partial charge in [0, 0.05) is 13.1 Å². The summed E-state index contributed by atoms with van der Waals surface area (Å²) in [4.78, 5) is 2.14. The molecule has 1 saturated heterocycles. The van der Waals surface area contributed by atoms with Crippen LogP contribution in [0.3, 0.4) is 0 Å². The molecule has 2 unspecified atom stereocenters. The second kappa shape index (κ2) is 7.48. The Kier molecular flexibility index (Phi) is 5.14. The fourth-order valence-electron chi connectivity index (χ4n) is 3.11. The smallest absolute Gasteiger partial charge is 0.152 e. The van der Waals surface area contributed by atoms with E-state index in [-0.39, 0.29) is 12.3 Å². The normalized spacial score (nSPS) is 19.0. The molecule has 0 spiro atoms. The number of aliphatic hydroxyl groups is 1. The SMILES string of the molecule is CCC(Oc1cc(-c2ccccc2)ccc1C#N)N1CCC(O)C1. The van der Waals surface area contributed by atoms with Gasteiger partial charge < -0.3 is 9.84 Å². The van der Waals surface area contributed by atoms with Crippen molar-refractivity contribution >= 4 is 0 Å². The average molecular weight is 322 g/mol. The molecule has 0 aromatic heterocycles. The molecule has 124 valence electrons. The predicted octanol–water partition coefficient (Wildman–Crippen LogP) is 3.41. The minimum absolute atomic E-state index is 0.125. The van der Waals surface area contributed by atoms with Gasteiger partial charge in [-0.05, 0) is 36.1 Å². The van der Waals surface area contributed by atoms with Crippen molar-refractivity contribution in [2.24, 2.45) is 0 Å². The van der Waals surface area contributed by atoms with Crippen LogP contribution in [-0.2, 0) is 0 Å². The fraction of sp³-hybridized carbons (Fsp3) is 0.350. The number of likely N-dealkylation sites (tertiary alicyclic amines) is 1. The van der Waals surface area contributed by atoms with Crippen LogP contribution in [0.15, 0.2) is 48.5 Å². The predicted molar refractivity (Wildman–Crippen MR) is 93.5 cm³/mol. The monoisotopic (exact) mass is 322 g/mol. The summed E-state index contributed by atoms with van der Waals surface area (Å²) in [5, 5.41) is 19.1. The van der Waals surface area contributed by atoms with Crippen LogP contribution in [0.5, 0.6) is 5.75 Å². The Balaban J connectivity index is 1.87. The van der Waals surface area contributed by atoms with Crippen molar-refractivity contribution in [1.82, 2.24) is 4.90 Å². The van der Waals surface area contributed by atoms with Crippen LogP contribution in [0.1, 0.15) is 25.3 Å². The minimum Gasteiger partial charge on any atom is -0.474 e. The van der Waals surface area contributed by atoms with Crippen LogP contribution in [0, 0.1) is 11.3 Å². The van der Waals surface area contributed by atoms with Crippen LogP contribution < -0.4 is 4.74 Å². The molecule has 0 bridgehead atoms. The number of benzene rings is 2. The molecule has 1 fully saturated rings. The maximum Gasteiger partial charge on any atom is 0.152 e. The lowest BCUT2D eigenvalue weighted by molar-refractivity contribution is 0.0301. The molecule has 0 aliphatic carbocycles. The topological polar surface area (TPSA) is 56.5 Å². The summed E-state index contributed by atoms with van der Waals surface area (Å²) in [7, 11) is 0. The van der Waals surface area contributed by atoms with E-state index in [1.165, 1.54) is 0 Å². The molecule has 3 rings (SSSR count). The molecule has 0 amide bonds. The van der Waals surface area contributed by atoms with Crippen LogP contribution in [0.4, 0.5) is 0 Å². The average Bonchev–Trinajstić information content (AvgIpc) is 3.06. The molecule has 0 radical (unpaired) electrons. The van der Waals surface area contributed by atoms with Gasteiger partial charge in [-0.25, -0.2) is 0 Å². The first kappa shape index (κ1) is 16.5. The summed E-state index contributed by atoms with van der Waals surface area (Å²) in [5.74, 6) is 0.604. The zero-order valence-electron chi connectivity index (χ0n) is 13.9.